The number of allylic oxidation sites excluding steroid dienone is 1. The van der Waals surface area contributed by atoms with E-state index in [0.717, 1.165) is 18.9 Å². The maximum atomic E-state index is 9.15. The number of aliphatic hydroxyl groups is 1. The van der Waals surface area contributed by atoms with Gasteiger partial charge in [-0.05, 0) is 38.5 Å². The molecule has 1 fully saturated rings. The Morgan fingerprint density at radius 1 is 1.62 bits per heavy atom. The van der Waals surface area contributed by atoms with Gasteiger partial charge in [-0.2, -0.15) is 0 Å². The van der Waals surface area contributed by atoms with Gasteiger partial charge in [-0.1, -0.05) is 6.08 Å². The topological polar surface area (TPSA) is 32.3 Å². The molecule has 1 unspecified atom stereocenters. The zero-order valence-corrected chi connectivity index (χ0v) is 8.50. The van der Waals surface area contributed by atoms with E-state index in [-0.39, 0.29) is 6.10 Å². The first-order valence-electron chi connectivity index (χ1n) is 5.26. The minimum atomic E-state index is -0.231. The van der Waals surface area contributed by atoms with Crippen LogP contribution in [-0.2, 0) is 0 Å². The summed E-state index contributed by atoms with van der Waals surface area (Å²) in [7, 11) is 0. The van der Waals surface area contributed by atoms with Crippen molar-refractivity contribution in [2.24, 2.45) is 5.92 Å². The molecule has 2 heteroatoms. The molecule has 0 aliphatic heterocycles. The molecule has 1 saturated carbocycles. The monoisotopic (exact) mass is 183 g/mol. The lowest BCUT2D eigenvalue weighted by Crippen LogP contribution is -2.36. The van der Waals surface area contributed by atoms with Crippen molar-refractivity contribution in [1.82, 2.24) is 5.32 Å². The summed E-state index contributed by atoms with van der Waals surface area (Å²) in [6.45, 7) is 6.27. The van der Waals surface area contributed by atoms with E-state index < -0.39 is 0 Å². The molecule has 1 aliphatic rings. The minimum absolute atomic E-state index is 0.231. The summed E-state index contributed by atoms with van der Waals surface area (Å²) in [6.07, 6.45) is 6.70. The molecule has 0 aromatic carbocycles. The summed E-state index contributed by atoms with van der Waals surface area (Å²) in [6, 6.07) is 0.604. The van der Waals surface area contributed by atoms with Gasteiger partial charge in [-0.3, -0.25) is 0 Å². The fourth-order valence-electron chi connectivity index (χ4n) is 1.62. The van der Waals surface area contributed by atoms with E-state index in [2.05, 4.69) is 11.9 Å². The van der Waals surface area contributed by atoms with Crippen molar-refractivity contribution in [3.8, 4) is 0 Å². The van der Waals surface area contributed by atoms with Crippen LogP contribution in [-0.4, -0.2) is 23.8 Å². The highest BCUT2D eigenvalue weighted by Gasteiger charge is 2.30. The first kappa shape index (κ1) is 10.7. The third-order valence-electron chi connectivity index (χ3n) is 2.55. The first-order chi connectivity index (χ1) is 6.24. The molecule has 2 N–H and O–H groups in total. The zero-order valence-electron chi connectivity index (χ0n) is 8.50. The molecule has 0 saturated heterocycles. The van der Waals surface area contributed by atoms with Gasteiger partial charge in [0.15, 0.2) is 0 Å². The second-order valence-electron chi connectivity index (χ2n) is 4.07. The summed E-state index contributed by atoms with van der Waals surface area (Å²) >= 11 is 0. The molecule has 2 nitrogen and oxygen atoms in total. The Kier molecular flexibility index (Phi) is 4.46. The Hall–Kier alpha value is -0.340. The molecule has 0 spiro atoms. The third-order valence-corrected chi connectivity index (χ3v) is 2.55. The quantitative estimate of drug-likeness (QED) is 0.589. The lowest BCUT2D eigenvalue weighted by atomic mass is 10.1. The molecule has 13 heavy (non-hydrogen) atoms. The van der Waals surface area contributed by atoms with E-state index in [9.17, 15) is 0 Å². The van der Waals surface area contributed by atoms with Crippen LogP contribution in [0.3, 0.4) is 0 Å². The van der Waals surface area contributed by atoms with Gasteiger partial charge in [-0.15, -0.1) is 6.58 Å². The first-order valence-corrected chi connectivity index (χ1v) is 5.26. The summed E-state index contributed by atoms with van der Waals surface area (Å²) in [4.78, 5) is 0. The number of hydrogen-bond acceptors (Lipinski definition) is 2. The zero-order chi connectivity index (χ0) is 9.68. The van der Waals surface area contributed by atoms with Gasteiger partial charge in [0.1, 0.15) is 0 Å². The average molecular weight is 183 g/mol. The van der Waals surface area contributed by atoms with Crippen LogP contribution in [0.15, 0.2) is 12.7 Å². The van der Waals surface area contributed by atoms with E-state index in [0.29, 0.717) is 6.04 Å². The van der Waals surface area contributed by atoms with E-state index in [1.54, 1.807) is 0 Å². The SMILES string of the molecule is C=CCCC(NC[C@H](C)O)C1CC1. The minimum Gasteiger partial charge on any atom is -0.392 e. The molecule has 0 aromatic rings. The predicted octanol–water partition coefficient (Wildman–Crippen LogP) is 1.70. The van der Waals surface area contributed by atoms with Crippen LogP contribution in [0.4, 0.5) is 0 Å². The van der Waals surface area contributed by atoms with Gasteiger partial charge in [0.05, 0.1) is 6.10 Å². The normalized spacial score (nSPS) is 21.1. The molecule has 1 rings (SSSR count). The highest BCUT2D eigenvalue weighted by Crippen LogP contribution is 2.34. The lowest BCUT2D eigenvalue weighted by molar-refractivity contribution is 0.183. The van der Waals surface area contributed by atoms with Crippen molar-refractivity contribution in [3.63, 3.8) is 0 Å². The Balaban J connectivity index is 2.17. The van der Waals surface area contributed by atoms with Crippen molar-refractivity contribution in [2.45, 2.75) is 44.8 Å². The van der Waals surface area contributed by atoms with Gasteiger partial charge < -0.3 is 10.4 Å². The van der Waals surface area contributed by atoms with Crippen molar-refractivity contribution >= 4 is 0 Å². The second kappa shape index (κ2) is 5.40. The van der Waals surface area contributed by atoms with E-state index >= 15 is 0 Å². The molecule has 76 valence electrons. The summed E-state index contributed by atoms with van der Waals surface area (Å²) in [5.41, 5.74) is 0. The molecule has 0 amide bonds. The van der Waals surface area contributed by atoms with Crippen LogP contribution < -0.4 is 5.32 Å². The number of aliphatic hydroxyl groups excluding tert-OH is 1. The van der Waals surface area contributed by atoms with E-state index in [4.69, 9.17) is 5.11 Å². The van der Waals surface area contributed by atoms with Crippen LogP contribution in [0.25, 0.3) is 0 Å². The van der Waals surface area contributed by atoms with Crippen molar-refractivity contribution in [2.75, 3.05) is 6.54 Å². The maximum absolute atomic E-state index is 9.15. The molecular weight excluding hydrogens is 162 g/mol. The summed E-state index contributed by atoms with van der Waals surface area (Å²) < 4.78 is 0. The Morgan fingerprint density at radius 2 is 2.31 bits per heavy atom. The number of hydrogen-bond donors (Lipinski definition) is 2. The Morgan fingerprint density at radius 3 is 2.77 bits per heavy atom. The molecule has 0 bridgehead atoms. The van der Waals surface area contributed by atoms with E-state index in [1.807, 2.05) is 13.0 Å². The van der Waals surface area contributed by atoms with Gasteiger partial charge in [0, 0.05) is 12.6 Å². The Labute approximate surface area is 81.0 Å². The predicted molar refractivity (Wildman–Crippen MR) is 55.6 cm³/mol. The van der Waals surface area contributed by atoms with Gasteiger partial charge in [0.25, 0.3) is 0 Å². The number of rotatable bonds is 7. The average Bonchev–Trinajstić information content (AvgIpc) is 2.87. The van der Waals surface area contributed by atoms with Crippen LogP contribution in [0.5, 0.6) is 0 Å². The van der Waals surface area contributed by atoms with Crippen LogP contribution in [0.1, 0.15) is 32.6 Å². The van der Waals surface area contributed by atoms with Crippen molar-refractivity contribution in [1.29, 1.82) is 0 Å². The van der Waals surface area contributed by atoms with Crippen LogP contribution in [0.2, 0.25) is 0 Å². The van der Waals surface area contributed by atoms with Crippen LogP contribution in [0, 0.1) is 5.92 Å². The highest BCUT2D eigenvalue weighted by atomic mass is 16.3. The third kappa shape index (κ3) is 4.44. The summed E-state index contributed by atoms with van der Waals surface area (Å²) in [5.74, 6) is 0.860. The lowest BCUT2D eigenvalue weighted by Gasteiger charge is -2.18. The molecule has 0 heterocycles. The molecule has 0 aromatic heterocycles. The molecule has 2 atom stereocenters. The van der Waals surface area contributed by atoms with Gasteiger partial charge in [0.2, 0.25) is 0 Å². The van der Waals surface area contributed by atoms with E-state index in [1.165, 1.54) is 19.3 Å². The molecule has 0 radical (unpaired) electrons. The maximum Gasteiger partial charge on any atom is 0.0636 e. The summed E-state index contributed by atoms with van der Waals surface area (Å²) in [5, 5.41) is 12.6. The Bertz CT molecular complexity index is 152. The largest absolute Gasteiger partial charge is 0.392 e. The molecular formula is C11H21NO. The molecule has 1 aliphatic carbocycles. The fraction of sp³-hybridized carbons (Fsp3) is 0.818. The smallest absolute Gasteiger partial charge is 0.0636 e. The standard InChI is InChI=1S/C11H21NO/c1-3-4-5-11(10-6-7-10)12-8-9(2)13/h3,9-13H,1,4-8H2,2H3/t9-,11?/m0/s1. The fourth-order valence-corrected chi connectivity index (χ4v) is 1.62. The van der Waals surface area contributed by atoms with Gasteiger partial charge in [-0.25, -0.2) is 0 Å². The second-order valence-corrected chi connectivity index (χ2v) is 4.07. The van der Waals surface area contributed by atoms with Crippen molar-refractivity contribution in [3.05, 3.63) is 12.7 Å². The van der Waals surface area contributed by atoms with Crippen LogP contribution >= 0.6 is 0 Å². The number of nitrogens with one attached hydrogen (secondary N) is 1. The van der Waals surface area contributed by atoms with Gasteiger partial charge >= 0.3 is 0 Å². The highest BCUT2D eigenvalue weighted by molar-refractivity contribution is 4.88. The van der Waals surface area contributed by atoms with Crippen molar-refractivity contribution < 1.29 is 5.11 Å².